The van der Waals surface area contributed by atoms with E-state index in [2.05, 4.69) is 54.9 Å². The Morgan fingerprint density at radius 2 is 2.10 bits per heavy atom. The van der Waals surface area contributed by atoms with Crippen LogP contribution in [0.1, 0.15) is 36.6 Å². The minimum Gasteiger partial charge on any atom is -0.311 e. The van der Waals surface area contributed by atoms with Crippen LogP contribution in [0.2, 0.25) is 0 Å². The second kappa shape index (κ2) is 5.41. The summed E-state index contributed by atoms with van der Waals surface area (Å²) in [6.07, 6.45) is 2.09. The van der Waals surface area contributed by atoms with E-state index in [0.717, 1.165) is 25.9 Å². The van der Waals surface area contributed by atoms with Gasteiger partial charge in [-0.3, -0.25) is 0 Å². The Morgan fingerprint density at radius 1 is 1.30 bits per heavy atom. The third kappa shape index (κ3) is 2.38. The second-order valence-electron chi connectivity index (χ2n) is 6.07. The van der Waals surface area contributed by atoms with Crippen molar-refractivity contribution in [3.63, 3.8) is 0 Å². The lowest BCUT2D eigenvalue weighted by Gasteiger charge is -2.18. The van der Waals surface area contributed by atoms with Crippen LogP contribution in [0.5, 0.6) is 0 Å². The van der Waals surface area contributed by atoms with Crippen molar-refractivity contribution in [2.45, 2.75) is 40.2 Å². The first-order valence-electron chi connectivity index (χ1n) is 7.53. The molecule has 1 aliphatic heterocycles. The average molecular weight is 269 g/mol. The van der Waals surface area contributed by atoms with Crippen molar-refractivity contribution in [3.8, 4) is 5.69 Å². The van der Waals surface area contributed by atoms with E-state index in [1.165, 1.54) is 28.5 Å². The molecule has 0 amide bonds. The van der Waals surface area contributed by atoms with Crippen LogP contribution >= 0.6 is 0 Å². The number of fused-ring (bicyclic) bond motifs is 1. The average Bonchev–Trinajstić information content (AvgIpc) is 2.76. The van der Waals surface area contributed by atoms with Crippen molar-refractivity contribution in [2.24, 2.45) is 5.92 Å². The molecule has 2 heterocycles. The Kier molecular flexibility index (Phi) is 3.62. The first kappa shape index (κ1) is 13.4. The predicted molar refractivity (Wildman–Crippen MR) is 82.3 cm³/mol. The topological polar surface area (TPSA) is 29.9 Å². The van der Waals surface area contributed by atoms with Gasteiger partial charge in [-0.25, -0.2) is 4.98 Å². The van der Waals surface area contributed by atoms with Crippen molar-refractivity contribution in [3.05, 3.63) is 47.0 Å². The molecule has 2 aromatic rings. The van der Waals surface area contributed by atoms with Crippen molar-refractivity contribution in [1.82, 2.24) is 14.9 Å². The highest BCUT2D eigenvalue weighted by atomic mass is 15.1. The van der Waals surface area contributed by atoms with E-state index in [-0.39, 0.29) is 0 Å². The highest BCUT2D eigenvalue weighted by Gasteiger charge is 2.21. The van der Waals surface area contributed by atoms with E-state index in [1.54, 1.807) is 0 Å². The maximum atomic E-state index is 4.91. The molecule has 1 N–H and O–H groups in total. The lowest BCUT2D eigenvalue weighted by molar-refractivity contribution is 0.608. The normalized spacial score (nSPS) is 14.6. The molecule has 3 nitrogen and oxygen atoms in total. The van der Waals surface area contributed by atoms with Crippen LogP contribution in [-0.4, -0.2) is 16.1 Å². The molecule has 1 aromatic carbocycles. The van der Waals surface area contributed by atoms with E-state index >= 15 is 0 Å². The van der Waals surface area contributed by atoms with Gasteiger partial charge in [0.1, 0.15) is 5.82 Å². The van der Waals surface area contributed by atoms with E-state index < -0.39 is 0 Å². The van der Waals surface area contributed by atoms with Gasteiger partial charge in [0.15, 0.2) is 0 Å². The van der Waals surface area contributed by atoms with Crippen molar-refractivity contribution >= 4 is 0 Å². The molecule has 0 bridgehead atoms. The number of nitrogens with one attached hydrogen (secondary N) is 1. The number of aryl methyl sites for hydroxylation is 1. The fraction of sp³-hybridized carbons (Fsp3) is 0.471. The van der Waals surface area contributed by atoms with E-state index in [1.807, 2.05) is 0 Å². The number of para-hydroxylation sites is 1. The van der Waals surface area contributed by atoms with Gasteiger partial charge >= 0.3 is 0 Å². The summed E-state index contributed by atoms with van der Waals surface area (Å²) in [5.41, 5.74) is 5.24. The summed E-state index contributed by atoms with van der Waals surface area (Å²) in [6.45, 7) is 8.65. The molecule has 106 valence electrons. The summed E-state index contributed by atoms with van der Waals surface area (Å²) < 4.78 is 2.41. The maximum absolute atomic E-state index is 4.91. The Labute approximate surface area is 121 Å². The summed E-state index contributed by atoms with van der Waals surface area (Å²) in [4.78, 5) is 4.91. The third-order valence-corrected chi connectivity index (χ3v) is 3.90. The van der Waals surface area contributed by atoms with Crippen LogP contribution < -0.4 is 5.32 Å². The van der Waals surface area contributed by atoms with Gasteiger partial charge in [-0.05, 0) is 24.5 Å². The Morgan fingerprint density at radius 3 is 2.85 bits per heavy atom. The molecule has 0 spiro atoms. The Hall–Kier alpha value is -1.61. The van der Waals surface area contributed by atoms with Crippen LogP contribution in [0.4, 0.5) is 0 Å². The maximum Gasteiger partial charge on any atom is 0.114 e. The fourth-order valence-electron chi connectivity index (χ4n) is 2.97. The summed E-state index contributed by atoms with van der Waals surface area (Å²) in [5.74, 6) is 1.83. The number of rotatable bonds is 3. The van der Waals surface area contributed by atoms with Crippen LogP contribution in [0, 0.1) is 12.8 Å². The molecule has 0 aliphatic carbocycles. The molecule has 0 atom stereocenters. The first-order valence-corrected chi connectivity index (χ1v) is 7.53. The summed E-state index contributed by atoms with van der Waals surface area (Å²) in [5, 5.41) is 3.43. The number of benzene rings is 1. The Balaban J connectivity index is 2.16. The zero-order valence-electron chi connectivity index (χ0n) is 12.6. The zero-order valence-corrected chi connectivity index (χ0v) is 12.6. The van der Waals surface area contributed by atoms with Gasteiger partial charge in [-0.2, -0.15) is 0 Å². The molecular formula is C17H23N3. The highest BCUT2D eigenvalue weighted by Crippen LogP contribution is 2.25. The molecule has 0 unspecified atom stereocenters. The van der Waals surface area contributed by atoms with Crippen LogP contribution in [0.25, 0.3) is 5.69 Å². The molecule has 0 saturated carbocycles. The zero-order chi connectivity index (χ0) is 14.1. The molecule has 0 saturated heterocycles. The summed E-state index contributed by atoms with van der Waals surface area (Å²) in [7, 11) is 0. The SMILES string of the molecule is Cc1ccccc1-n1c(CC(C)C)nc2c1CCNC2. The van der Waals surface area contributed by atoms with Gasteiger partial charge in [-0.15, -0.1) is 0 Å². The number of hydrogen-bond donors (Lipinski definition) is 1. The molecule has 0 radical (unpaired) electrons. The number of imidazole rings is 1. The first-order chi connectivity index (χ1) is 9.66. The van der Waals surface area contributed by atoms with Crippen LogP contribution in [-0.2, 0) is 19.4 Å². The van der Waals surface area contributed by atoms with Crippen molar-refractivity contribution in [1.29, 1.82) is 0 Å². The largest absolute Gasteiger partial charge is 0.311 e. The predicted octanol–water partition coefficient (Wildman–Crippen LogP) is 3.02. The minimum atomic E-state index is 0.620. The lowest BCUT2D eigenvalue weighted by Crippen LogP contribution is -2.25. The lowest BCUT2D eigenvalue weighted by atomic mass is 10.1. The van der Waals surface area contributed by atoms with Crippen molar-refractivity contribution < 1.29 is 0 Å². The van der Waals surface area contributed by atoms with E-state index in [4.69, 9.17) is 4.98 Å². The van der Waals surface area contributed by atoms with Gasteiger partial charge < -0.3 is 9.88 Å². The van der Waals surface area contributed by atoms with Gasteiger partial charge in [0.2, 0.25) is 0 Å². The second-order valence-corrected chi connectivity index (χ2v) is 6.07. The highest BCUT2D eigenvalue weighted by molar-refractivity contribution is 5.44. The van der Waals surface area contributed by atoms with E-state index in [0.29, 0.717) is 5.92 Å². The molecule has 1 aromatic heterocycles. The van der Waals surface area contributed by atoms with Gasteiger partial charge in [0.25, 0.3) is 0 Å². The monoisotopic (exact) mass is 269 g/mol. The van der Waals surface area contributed by atoms with Gasteiger partial charge in [0, 0.05) is 37.3 Å². The molecule has 20 heavy (non-hydrogen) atoms. The minimum absolute atomic E-state index is 0.620. The van der Waals surface area contributed by atoms with Crippen molar-refractivity contribution in [2.75, 3.05) is 6.54 Å². The van der Waals surface area contributed by atoms with E-state index in [9.17, 15) is 0 Å². The summed E-state index contributed by atoms with van der Waals surface area (Å²) >= 11 is 0. The number of aromatic nitrogens is 2. The molecule has 3 heteroatoms. The molecular weight excluding hydrogens is 246 g/mol. The van der Waals surface area contributed by atoms with Gasteiger partial charge in [0.05, 0.1) is 5.69 Å². The number of nitrogens with zero attached hydrogens (tertiary/aromatic N) is 2. The molecule has 1 aliphatic rings. The fourth-order valence-corrected chi connectivity index (χ4v) is 2.97. The molecule has 3 rings (SSSR count). The Bertz CT molecular complexity index is 611. The standard InChI is InChI=1S/C17H23N3/c1-12(2)10-17-19-14-11-18-9-8-16(14)20(17)15-7-5-4-6-13(15)3/h4-7,12,18H,8-11H2,1-3H3. The smallest absolute Gasteiger partial charge is 0.114 e. The van der Waals surface area contributed by atoms with Crippen LogP contribution in [0.15, 0.2) is 24.3 Å². The van der Waals surface area contributed by atoms with Gasteiger partial charge in [-0.1, -0.05) is 32.0 Å². The number of hydrogen-bond acceptors (Lipinski definition) is 2. The van der Waals surface area contributed by atoms with Crippen LogP contribution in [0.3, 0.4) is 0 Å². The summed E-state index contributed by atoms with van der Waals surface area (Å²) in [6, 6.07) is 8.62. The quantitative estimate of drug-likeness (QED) is 0.928. The molecule has 0 fully saturated rings. The third-order valence-electron chi connectivity index (χ3n) is 3.90.